The van der Waals surface area contributed by atoms with Crippen molar-refractivity contribution in [2.24, 2.45) is 0 Å². The van der Waals surface area contributed by atoms with Crippen molar-refractivity contribution in [3.63, 3.8) is 0 Å². The lowest BCUT2D eigenvalue weighted by atomic mass is 9.97. The van der Waals surface area contributed by atoms with Gasteiger partial charge < -0.3 is 0 Å². The standard InChI is InChI=1S/C14H24N/c1-8-10-14(15(7)9-2)13(6)12(5)11(3)4/h9H,2,6,8,10H2,1,3-5,7H3/q+1. The van der Waals surface area contributed by atoms with Gasteiger partial charge in [-0.05, 0) is 39.3 Å². The molecule has 0 fully saturated rings. The van der Waals surface area contributed by atoms with Gasteiger partial charge in [0, 0.05) is 12.0 Å². The third kappa shape index (κ3) is 3.86. The zero-order valence-electron chi connectivity index (χ0n) is 10.9. The van der Waals surface area contributed by atoms with Crippen molar-refractivity contribution >= 4 is 5.71 Å². The summed E-state index contributed by atoms with van der Waals surface area (Å²) in [6.07, 6.45) is 4.02. The van der Waals surface area contributed by atoms with Crippen molar-refractivity contribution in [3.05, 3.63) is 36.1 Å². The maximum atomic E-state index is 4.18. The predicted octanol–water partition coefficient (Wildman–Crippen LogP) is 3.93. The van der Waals surface area contributed by atoms with Crippen LogP contribution >= 0.6 is 0 Å². The van der Waals surface area contributed by atoms with Gasteiger partial charge in [0.2, 0.25) is 0 Å². The molecule has 0 aromatic heterocycles. The van der Waals surface area contributed by atoms with Crippen LogP contribution in [0.4, 0.5) is 0 Å². The Kier molecular flexibility index (Phi) is 5.92. The van der Waals surface area contributed by atoms with Gasteiger partial charge in [-0.3, -0.25) is 0 Å². The SMILES string of the molecule is C=C[N+](C)=C(CCC)C(=C)C(C)=C(C)C. The summed E-state index contributed by atoms with van der Waals surface area (Å²) in [5.74, 6) is 0. The van der Waals surface area contributed by atoms with E-state index in [1.807, 2.05) is 13.2 Å². The molecule has 0 saturated carbocycles. The Morgan fingerprint density at radius 1 is 1.27 bits per heavy atom. The van der Waals surface area contributed by atoms with E-state index in [-0.39, 0.29) is 0 Å². The minimum Gasteiger partial charge on any atom is -0.205 e. The smallest absolute Gasteiger partial charge is 0.187 e. The van der Waals surface area contributed by atoms with Crippen LogP contribution in [-0.2, 0) is 0 Å². The van der Waals surface area contributed by atoms with Gasteiger partial charge in [0.25, 0.3) is 0 Å². The molecule has 0 bridgehead atoms. The summed E-state index contributed by atoms with van der Waals surface area (Å²) in [5.41, 5.74) is 5.02. The molecule has 0 N–H and O–H groups in total. The van der Waals surface area contributed by atoms with Crippen molar-refractivity contribution in [3.8, 4) is 0 Å². The van der Waals surface area contributed by atoms with Crippen molar-refractivity contribution in [2.75, 3.05) is 7.05 Å². The van der Waals surface area contributed by atoms with Crippen LogP contribution < -0.4 is 0 Å². The first-order valence-electron chi connectivity index (χ1n) is 5.50. The molecule has 1 nitrogen and oxygen atoms in total. The topological polar surface area (TPSA) is 3.01 Å². The molecule has 0 heterocycles. The van der Waals surface area contributed by atoms with Gasteiger partial charge >= 0.3 is 0 Å². The van der Waals surface area contributed by atoms with Crippen LogP contribution in [0.25, 0.3) is 0 Å². The minimum atomic E-state index is 1.05. The van der Waals surface area contributed by atoms with Crippen molar-refractivity contribution in [1.29, 1.82) is 0 Å². The fourth-order valence-electron chi connectivity index (χ4n) is 1.41. The average molecular weight is 206 g/mol. The summed E-state index contributed by atoms with van der Waals surface area (Å²) in [6, 6.07) is 0. The molecule has 0 amide bonds. The molecule has 0 spiro atoms. The second-order valence-corrected chi connectivity index (χ2v) is 4.09. The quantitative estimate of drug-likeness (QED) is 0.364. The molecule has 0 radical (unpaired) electrons. The Morgan fingerprint density at radius 3 is 2.13 bits per heavy atom. The predicted molar refractivity (Wildman–Crippen MR) is 69.5 cm³/mol. The van der Waals surface area contributed by atoms with E-state index in [0.29, 0.717) is 0 Å². The molecule has 1 heteroatoms. The van der Waals surface area contributed by atoms with E-state index in [1.54, 1.807) is 0 Å². The molecule has 15 heavy (non-hydrogen) atoms. The first kappa shape index (κ1) is 13.9. The van der Waals surface area contributed by atoms with Gasteiger partial charge in [-0.2, -0.15) is 0 Å². The van der Waals surface area contributed by atoms with E-state index >= 15 is 0 Å². The molecular weight excluding hydrogens is 182 g/mol. The maximum absolute atomic E-state index is 4.18. The molecule has 0 rings (SSSR count). The Balaban J connectivity index is 5.23. The lowest BCUT2D eigenvalue weighted by Gasteiger charge is -2.09. The Bertz CT molecular complexity index is 312. The largest absolute Gasteiger partial charge is 0.205 e. The van der Waals surface area contributed by atoms with Gasteiger partial charge in [-0.1, -0.05) is 19.1 Å². The van der Waals surface area contributed by atoms with Crippen LogP contribution in [-0.4, -0.2) is 17.3 Å². The van der Waals surface area contributed by atoms with Crippen molar-refractivity contribution in [2.45, 2.75) is 40.5 Å². The lowest BCUT2D eigenvalue weighted by molar-refractivity contribution is -0.422. The zero-order chi connectivity index (χ0) is 12.0. The Hall–Kier alpha value is -1.11. The van der Waals surface area contributed by atoms with Gasteiger partial charge in [0.15, 0.2) is 11.9 Å². The Labute approximate surface area is 94.5 Å². The Morgan fingerprint density at radius 2 is 1.80 bits per heavy atom. The molecule has 0 saturated heterocycles. The highest BCUT2D eigenvalue weighted by atomic mass is 14.9. The number of hydrogen-bond donors (Lipinski definition) is 0. The van der Waals surface area contributed by atoms with Crippen LogP contribution in [0.15, 0.2) is 36.1 Å². The van der Waals surface area contributed by atoms with Gasteiger partial charge in [-0.15, -0.1) is 0 Å². The third-order valence-electron chi connectivity index (χ3n) is 2.74. The second-order valence-electron chi connectivity index (χ2n) is 4.09. The van der Waals surface area contributed by atoms with Crippen LogP contribution in [0, 0.1) is 0 Å². The second kappa shape index (κ2) is 6.39. The summed E-state index contributed by atoms with van der Waals surface area (Å²) < 4.78 is 2.07. The highest BCUT2D eigenvalue weighted by molar-refractivity contribution is 5.99. The molecule has 0 aliphatic carbocycles. The third-order valence-corrected chi connectivity index (χ3v) is 2.74. The van der Waals surface area contributed by atoms with Gasteiger partial charge in [-0.25, -0.2) is 4.58 Å². The highest BCUT2D eigenvalue weighted by Gasteiger charge is 2.14. The summed E-state index contributed by atoms with van der Waals surface area (Å²) >= 11 is 0. The number of allylic oxidation sites excluding steroid dienone is 3. The molecule has 0 atom stereocenters. The van der Waals surface area contributed by atoms with Crippen LogP contribution in [0.1, 0.15) is 40.5 Å². The maximum Gasteiger partial charge on any atom is 0.187 e. The van der Waals surface area contributed by atoms with Crippen molar-refractivity contribution in [1.82, 2.24) is 0 Å². The molecular formula is C14H24N+. The van der Waals surface area contributed by atoms with E-state index in [1.165, 1.54) is 16.9 Å². The van der Waals surface area contributed by atoms with E-state index in [0.717, 1.165) is 18.4 Å². The normalized spacial score (nSPS) is 11.8. The monoisotopic (exact) mass is 206 g/mol. The van der Waals surface area contributed by atoms with E-state index in [9.17, 15) is 0 Å². The number of nitrogens with zero attached hydrogens (tertiary/aromatic N) is 1. The first-order chi connectivity index (χ1) is 6.95. The van der Waals surface area contributed by atoms with Crippen LogP contribution in [0.2, 0.25) is 0 Å². The fraction of sp³-hybridized carbons (Fsp3) is 0.500. The molecule has 0 aliphatic heterocycles. The van der Waals surface area contributed by atoms with Crippen LogP contribution in [0.5, 0.6) is 0 Å². The molecule has 0 unspecified atom stereocenters. The summed E-state index contributed by atoms with van der Waals surface area (Å²) in [4.78, 5) is 0. The van der Waals surface area contributed by atoms with E-state index < -0.39 is 0 Å². The first-order valence-corrected chi connectivity index (χ1v) is 5.50. The molecule has 84 valence electrons. The summed E-state index contributed by atoms with van der Waals surface area (Å²) in [5, 5.41) is 0. The average Bonchev–Trinajstić information content (AvgIpc) is 2.22. The van der Waals surface area contributed by atoms with Crippen molar-refractivity contribution < 1.29 is 4.58 Å². The van der Waals surface area contributed by atoms with Gasteiger partial charge in [0.05, 0.1) is 0 Å². The van der Waals surface area contributed by atoms with Gasteiger partial charge in [0.1, 0.15) is 7.05 Å². The number of hydrogen-bond acceptors (Lipinski definition) is 0. The molecule has 0 aromatic carbocycles. The summed E-state index contributed by atoms with van der Waals surface area (Å²) in [6.45, 7) is 16.5. The van der Waals surface area contributed by atoms with Crippen LogP contribution in [0.3, 0.4) is 0 Å². The zero-order valence-corrected chi connectivity index (χ0v) is 10.9. The molecule has 0 aliphatic rings. The highest BCUT2D eigenvalue weighted by Crippen LogP contribution is 2.16. The van der Waals surface area contributed by atoms with E-state index in [4.69, 9.17) is 0 Å². The molecule has 0 aromatic rings. The number of rotatable bonds is 5. The fourth-order valence-corrected chi connectivity index (χ4v) is 1.41. The van der Waals surface area contributed by atoms with E-state index in [2.05, 4.69) is 45.4 Å². The lowest BCUT2D eigenvalue weighted by Crippen LogP contribution is -2.15. The summed E-state index contributed by atoms with van der Waals surface area (Å²) in [7, 11) is 2.03. The minimum absolute atomic E-state index is 1.05.